The number of amides is 1. The molecule has 0 aromatic carbocycles. The molecule has 1 N–H and O–H groups in total. The van der Waals surface area contributed by atoms with Gasteiger partial charge in [0, 0.05) is 25.0 Å². The normalized spacial score (nSPS) is 23.9. The molecule has 1 saturated carbocycles. The van der Waals surface area contributed by atoms with Crippen LogP contribution in [0.15, 0.2) is 21.7 Å². The van der Waals surface area contributed by atoms with Crippen molar-refractivity contribution in [1.82, 2.24) is 9.62 Å². The maximum absolute atomic E-state index is 12.9. The molecule has 1 atom stereocenters. The summed E-state index contributed by atoms with van der Waals surface area (Å²) in [5.74, 6) is 0.00480. The van der Waals surface area contributed by atoms with Crippen LogP contribution in [0.5, 0.6) is 0 Å². The van der Waals surface area contributed by atoms with Crippen LogP contribution in [-0.2, 0) is 14.8 Å². The lowest BCUT2D eigenvalue weighted by Crippen LogP contribution is -2.46. The van der Waals surface area contributed by atoms with Gasteiger partial charge in [-0.25, -0.2) is 8.42 Å². The molecule has 3 rings (SSSR count). The highest BCUT2D eigenvalue weighted by atomic mass is 32.2. The Bertz CT molecular complexity index is 650. The number of thiophene rings is 1. The zero-order valence-electron chi connectivity index (χ0n) is 14.7. The quantitative estimate of drug-likeness (QED) is 0.790. The summed E-state index contributed by atoms with van der Waals surface area (Å²) in [5.41, 5.74) is 0. The van der Waals surface area contributed by atoms with Gasteiger partial charge in [-0.3, -0.25) is 4.79 Å². The molecule has 0 spiro atoms. The minimum Gasteiger partial charge on any atom is -0.353 e. The minimum absolute atomic E-state index is 0.00480. The van der Waals surface area contributed by atoms with E-state index in [2.05, 4.69) is 5.32 Å². The van der Waals surface area contributed by atoms with E-state index < -0.39 is 10.0 Å². The Morgan fingerprint density at radius 1 is 1.12 bits per heavy atom. The molecule has 1 amide bonds. The van der Waals surface area contributed by atoms with Crippen LogP contribution in [0.25, 0.3) is 0 Å². The van der Waals surface area contributed by atoms with Gasteiger partial charge < -0.3 is 5.32 Å². The van der Waals surface area contributed by atoms with Crippen LogP contribution in [0.2, 0.25) is 0 Å². The van der Waals surface area contributed by atoms with Gasteiger partial charge in [0.25, 0.3) is 10.0 Å². The maximum Gasteiger partial charge on any atom is 0.252 e. The highest BCUT2D eigenvalue weighted by molar-refractivity contribution is 7.91. The van der Waals surface area contributed by atoms with Gasteiger partial charge in [-0.1, -0.05) is 38.2 Å². The Labute approximate surface area is 154 Å². The summed E-state index contributed by atoms with van der Waals surface area (Å²) in [4.78, 5) is 12.5. The molecule has 140 valence electrons. The van der Waals surface area contributed by atoms with E-state index in [9.17, 15) is 13.2 Å². The van der Waals surface area contributed by atoms with Crippen molar-refractivity contribution in [2.45, 2.75) is 80.5 Å². The summed E-state index contributed by atoms with van der Waals surface area (Å²) in [5, 5.41) is 4.94. The number of nitrogens with zero attached hydrogens (tertiary/aromatic N) is 1. The fraction of sp³-hybridized carbons (Fsp3) is 0.722. The van der Waals surface area contributed by atoms with Gasteiger partial charge in [0.05, 0.1) is 0 Å². The second kappa shape index (κ2) is 8.64. The maximum atomic E-state index is 12.9. The molecule has 2 fully saturated rings. The molecule has 1 aromatic heterocycles. The number of carbonyl (C=O) groups is 1. The van der Waals surface area contributed by atoms with Crippen molar-refractivity contribution >= 4 is 27.3 Å². The number of hydrogen-bond acceptors (Lipinski definition) is 4. The average molecular weight is 385 g/mol. The van der Waals surface area contributed by atoms with E-state index in [4.69, 9.17) is 0 Å². The zero-order valence-corrected chi connectivity index (χ0v) is 16.3. The number of hydrogen-bond donors (Lipinski definition) is 1. The van der Waals surface area contributed by atoms with E-state index in [0.29, 0.717) is 10.8 Å². The van der Waals surface area contributed by atoms with Gasteiger partial charge >= 0.3 is 0 Å². The standard InChI is InChI=1S/C18H28N2O3S2/c21-17(19-15-8-3-1-2-4-9-15)14-16-10-5-6-12-20(16)25(22,23)18-11-7-13-24-18/h7,11,13,15-16H,1-6,8-10,12,14H2,(H,19,21)/t16-/m0/s1. The van der Waals surface area contributed by atoms with Gasteiger partial charge in [0.2, 0.25) is 5.91 Å². The Kier molecular flexibility index (Phi) is 6.52. The van der Waals surface area contributed by atoms with Crippen molar-refractivity contribution in [3.8, 4) is 0 Å². The smallest absolute Gasteiger partial charge is 0.252 e. The zero-order chi connectivity index (χ0) is 17.7. The number of rotatable bonds is 5. The van der Waals surface area contributed by atoms with Gasteiger partial charge in [-0.05, 0) is 37.1 Å². The molecule has 0 radical (unpaired) electrons. The van der Waals surface area contributed by atoms with Crippen LogP contribution in [0.4, 0.5) is 0 Å². The first-order valence-corrected chi connectivity index (χ1v) is 11.7. The molecule has 0 unspecified atom stereocenters. The highest BCUT2D eigenvalue weighted by Crippen LogP contribution is 2.29. The van der Waals surface area contributed by atoms with E-state index >= 15 is 0 Å². The molecule has 1 aliphatic carbocycles. The number of sulfonamides is 1. The fourth-order valence-corrected chi connectivity index (χ4v) is 6.76. The first-order chi connectivity index (χ1) is 12.1. The topological polar surface area (TPSA) is 66.5 Å². The van der Waals surface area contributed by atoms with Crippen molar-refractivity contribution in [1.29, 1.82) is 0 Å². The van der Waals surface area contributed by atoms with Gasteiger partial charge in [0.1, 0.15) is 4.21 Å². The number of piperidine rings is 1. The molecule has 2 heterocycles. The minimum atomic E-state index is -3.48. The van der Waals surface area contributed by atoms with Crippen LogP contribution in [0.1, 0.15) is 64.2 Å². The molecule has 1 saturated heterocycles. The third-order valence-corrected chi connectivity index (χ3v) is 8.60. The van der Waals surface area contributed by atoms with Crippen LogP contribution in [0, 0.1) is 0 Å². The first kappa shape index (κ1) is 18.9. The molecule has 5 nitrogen and oxygen atoms in total. The average Bonchev–Trinajstić information content (AvgIpc) is 3.03. The van der Waals surface area contributed by atoms with E-state index in [0.717, 1.165) is 32.1 Å². The Balaban J connectivity index is 1.64. The molecular formula is C18H28N2O3S2. The highest BCUT2D eigenvalue weighted by Gasteiger charge is 2.35. The number of nitrogens with one attached hydrogen (secondary N) is 1. The third kappa shape index (κ3) is 4.83. The van der Waals surface area contributed by atoms with Crippen molar-refractivity contribution < 1.29 is 13.2 Å². The molecule has 25 heavy (non-hydrogen) atoms. The molecule has 1 aliphatic heterocycles. The van der Waals surface area contributed by atoms with E-state index in [1.54, 1.807) is 21.8 Å². The summed E-state index contributed by atoms with van der Waals surface area (Å²) in [6.07, 6.45) is 9.85. The van der Waals surface area contributed by atoms with Crippen LogP contribution in [0.3, 0.4) is 0 Å². The Morgan fingerprint density at radius 3 is 2.52 bits per heavy atom. The molecule has 2 aliphatic rings. The van der Waals surface area contributed by atoms with Crippen LogP contribution < -0.4 is 5.32 Å². The van der Waals surface area contributed by atoms with Gasteiger partial charge in [-0.15, -0.1) is 11.3 Å². The summed E-state index contributed by atoms with van der Waals surface area (Å²) in [6, 6.07) is 3.46. The second-order valence-corrected chi connectivity index (χ2v) is 10.2. The van der Waals surface area contributed by atoms with Crippen molar-refractivity contribution in [3.05, 3.63) is 17.5 Å². The summed E-state index contributed by atoms with van der Waals surface area (Å²) >= 11 is 1.25. The lowest BCUT2D eigenvalue weighted by atomic mass is 10.0. The lowest BCUT2D eigenvalue weighted by molar-refractivity contribution is -0.122. The monoisotopic (exact) mass is 384 g/mol. The van der Waals surface area contributed by atoms with Crippen molar-refractivity contribution in [2.24, 2.45) is 0 Å². The van der Waals surface area contributed by atoms with E-state index in [1.807, 2.05) is 0 Å². The molecule has 0 bridgehead atoms. The Hall–Kier alpha value is -0.920. The van der Waals surface area contributed by atoms with Gasteiger partial charge in [0.15, 0.2) is 0 Å². The number of carbonyl (C=O) groups excluding carboxylic acids is 1. The van der Waals surface area contributed by atoms with Gasteiger partial charge in [-0.2, -0.15) is 4.31 Å². The molecule has 1 aromatic rings. The molecular weight excluding hydrogens is 356 g/mol. The van der Waals surface area contributed by atoms with Crippen molar-refractivity contribution in [2.75, 3.05) is 6.54 Å². The van der Waals surface area contributed by atoms with Crippen molar-refractivity contribution in [3.63, 3.8) is 0 Å². The predicted molar refractivity (Wildman–Crippen MR) is 100 cm³/mol. The fourth-order valence-electron chi connectivity index (χ4n) is 3.94. The first-order valence-electron chi connectivity index (χ1n) is 9.42. The lowest BCUT2D eigenvalue weighted by Gasteiger charge is -2.34. The Morgan fingerprint density at radius 2 is 1.84 bits per heavy atom. The largest absolute Gasteiger partial charge is 0.353 e. The third-order valence-electron chi connectivity index (χ3n) is 5.27. The van der Waals surface area contributed by atoms with E-state index in [-0.39, 0.29) is 24.4 Å². The van der Waals surface area contributed by atoms with E-state index in [1.165, 1.54) is 37.0 Å². The second-order valence-electron chi connectivity index (χ2n) is 7.16. The summed E-state index contributed by atoms with van der Waals surface area (Å²) in [6.45, 7) is 0.515. The summed E-state index contributed by atoms with van der Waals surface area (Å²) < 4.78 is 27.7. The molecule has 7 heteroatoms. The summed E-state index contributed by atoms with van der Waals surface area (Å²) in [7, 11) is -3.48. The SMILES string of the molecule is O=C(C[C@@H]1CCCCN1S(=O)(=O)c1cccs1)NC1CCCCCC1. The predicted octanol–water partition coefficient (Wildman–Crippen LogP) is 3.52. The van der Waals surface area contributed by atoms with Crippen LogP contribution >= 0.6 is 11.3 Å². The van der Waals surface area contributed by atoms with Crippen LogP contribution in [-0.4, -0.2) is 37.3 Å².